The van der Waals surface area contributed by atoms with Gasteiger partial charge in [-0.1, -0.05) is 12.7 Å². The fourth-order valence-electron chi connectivity index (χ4n) is 2.47. The molecule has 6 heteroatoms. The SMILES string of the molecule is C=C(F)CCc1cc(OC)c(C(C)=O)cc1/C(=C\C)C(=O)C(=O)/C=C\F. The molecule has 0 heterocycles. The molecule has 0 atom stereocenters. The van der Waals surface area contributed by atoms with Gasteiger partial charge in [0.1, 0.15) is 5.75 Å². The number of methoxy groups -OCH3 is 1. The number of hydrogen-bond donors (Lipinski definition) is 0. The van der Waals surface area contributed by atoms with Crippen LogP contribution in [0.15, 0.2) is 43.0 Å². The molecule has 1 rings (SSSR count). The normalized spacial score (nSPS) is 11.5. The van der Waals surface area contributed by atoms with Crippen molar-refractivity contribution < 1.29 is 27.9 Å². The lowest BCUT2D eigenvalue weighted by atomic mass is 9.89. The number of Topliss-reactive ketones (excluding diaryl/α,β-unsaturated/α-hetero) is 2. The molecule has 0 unspecified atom stereocenters. The van der Waals surface area contributed by atoms with Crippen LogP contribution in [0.3, 0.4) is 0 Å². The van der Waals surface area contributed by atoms with Crippen molar-refractivity contribution in [2.24, 2.45) is 0 Å². The molecule has 0 radical (unpaired) electrons. The monoisotopic (exact) mass is 362 g/mol. The van der Waals surface area contributed by atoms with Gasteiger partial charge >= 0.3 is 0 Å². The molecule has 0 fully saturated rings. The fourth-order valence-corrected chi connectivity index (χ4v) is 2.47. The van der Waals surface area contributed by atoms with Crippen LogP contribution in [-0.4, -0.2) is 24.5 Å². The third-order valence-corrected chi connectivity index (χ3v) is 3.73. The molecule has 0 aromatic heterocycles. The van der Waals surface area contributed by atoms with Crippen molar-refractivity contribution >= 4 is 22.9 Å². The van der Waals surface area contributed by atoms with Gasteiger partial charge in [-0.05, 0) is 43.5 Å². The first-order valence-corrected chi connectivity index (χ1v) is 7.84. The number of ether oxygens (including phenoxy) is 1. The van der Waals surface area contributed by atoms with Crippen molar-refractivity contribution in [2.45, 2.75) is 26.7 Å². The van der Waals surface area contributed by atoms with Crippen molar-refractivity contribution in [3.05, 3.63) is 59.7 Å². The van der Waals surface area contributed by atoms with Crippen molar-refractivity contribution in [1.82, 2.24) is 0 Å². The maximum Gasteiger partial charge on any atom is 0.233 e. The van der Waals surface area contributed by atoms with Gasteiger partial charge in [0, 0.05) is 18.1 Å². The van der Waals surface area contributed by atoms with E-state index in [1.54, 1.807) is 0 Å². The number of carbonyl (C=O) groups is 3. The molecule has 0 N–H and O–H groups in total. The zero-order valence-corrected chi connectivity index (χ0v) is 14.9. The summed E-state index contributed by atoms with van der Waals surface area (Å²) in [5, 5.41) is 0. The van der Waals surface area contributed by atoms with Crippen molar-refractivity contribution in [3.63, 3.8) is 0 Å². The fraction of sp³-hybridized carbons (Fsp3) is 0.250. The summed E-state index contributed by atoms with van der Waals surface area (Å²) in [5.41, 5.74) is 1.01. The van der Waals surface area contributed by atoms with Crippen LogP contribution < -0.4 is 4.74 Å². The lowest BCUT2D eigenvalue weighted by Crippen LogP contribution is -2.15. The van der Waals surface area contributed by atoms with Crippen LogP contribution >= 0.6 is 0 Å². The predicted octanol–water partition coefficient (Wildman–Crippen LogP) is 4.34. The maximum absolute atomic E-state index is 13.1. The largest absolute Gasteiger partial charge is 0.496 e. The highest BCUT2D eigenvalue weighted by Gasteiger charge is 2.23. The van der Waals surface area contributed by atoms with Crippen molar-refractivity contribution in [1.29, 1.82) is 0 Å². The highest BCUT2D eigenvalue weighted by atomic mass is 19.1. The Kier molecular flexibility index (Phi) is 7.77. The summed E-state index contributed by atoms with van der Waals surface area (Å²) in [6.07, 6.45) is 2.07. The van der Waals surface area contributed by atoms with Crippen LogP contribution in [0.2, 0.25) is 0 Å². The van der Waals surface area contributed by atoms with Crippen LogP contribution in [0, 0.1) is 0 Å². The molecule has 1 aromatic rings. The van der Waals surface area contributed by atoms with Crippen LogP contribution in [-0.2, 0) is 16.0 Å². The van der Waals surface area contributed by atoms with Gasteiger partial charge in [-0.2, -0.15) is 0 Å². The van der Waals surface area contributed by atoms with E-state index in [0.717, 1.165) is 0 Å². The van der Waals surface area contributed by atoms with E-state index in [2.05, 4.69) is 6.58 Å². The third-order valence-electron chi connectivity index (χ3n) is 3.73. The topological polar surface area (TPSA) is 60.4 Å². The summed E-state index contributed by atoms with van der Waals surface area (Å²) in [7, 11) is 1.39. The summed E-state index contributed by atoms with van der Waals surface area (Å²) >= 11 is 0. The maximum atomic E-state index is 13.1. The Bertz CT molecular complexity index is 804. The van der Waals surface area contributed by atoms with E-state index in [9.17, 15) is 23.2 Å². The molecule has 0 saturated carbocycles. The van der Waals surface area contributed by atoms with E-state index >= 15 is 0 Å². The van der Waals surface area contributed by atoms with E-state index in [1.165, 1.54) is 39.2 Å². The first-order valence-electron chi connectivity index (χ1n) is 7.84. The van der Waals surface area contributed by atoms with Crippen molar-refractivity contribution in [2.75, 3.05) is 7.11 Å². The quantitative estimate of drug-likeness (QED) is 0.372. The number of halogens is 2. The number of benzene rings is 1. The number of hydrogen-bond acceptors (Lipinski definition) is 4. The number of carbonyl (C=O) groups excluding carboxylic acids is 3. The molecule has 0 aliphatic carbocycles. The van der Waals surface area contributed by atoms with Gasteiger partial charge in [-0.25, -0.2) is 8.78 Å². The van der Waals surface area contributed by atoms with Gasteiger partial charge in [-0.3, -0.25) is 14.4 Å². The second-order valence-corrected chi connectivity index (χ2v) is 5.47. The van der Waals surface area contributed by atoms with E-state index in [4.69, 9.17) is 4.74 Å². The Balaban J connectivity index is 3.59. The van der Waals surface area contributed by atoms with E-state index in [-0.39, 0.29) is 41.8 Å². The van der Waals surface area contributed by atoms with Crippen LogP contribution in [0.25, 0.3) is 5.57 Å². The average Bonchev–Trinajstić information content (AvgIpc) is 2.60. The summed E-state index contributed by atoms with van der Waals surface area (Å²) in [6, 6.07) is 2.96. The Morgan fingerprint density at radius 2 is 1.88 bits per heavy atom. The van der Waals surface area contributed by atoms with Gasteiger partial charge in [0.05, 0.1) is 24.8 Å². The Hall–Kier alpha value is -2.89. The second-order valence-electron chi connectivity index (χ2n) is 5.47. The van der Waals surface area contributed by atoms with Gasteiger partial charge in [0.25, 0.3) is 0 Å². The summed E-state index contributed by atoms with van der Waals surface area (Å²) < 4.78 is 30.6. The minimum atomic E-state index is -1.04. The average molecular weight is 362 g/mol. The predicted molar refractivity (Wildman–Crippen MR) is 95.5 cm³/mol. The zero-order valence-electron chi connectivity index (χ0n) is 14.9. The highest BCUT2D eigenvalue weighted by Crippen LogP contribution is 2.31. The molecule has 0 saturated heterocycles. The van der Waals surface area contributed by atoms with Gasteiger partial charge < -0.3 is 4.74 Å². The summed E-state index contributed by atoms with van der Waals surface area (Å²) in [6.45, 7) is 6.07. The minimum absolute atomic E-state index is 0.000906. The molecule has 4 nitrogen and oxygen atoms in total. The lowest BCUT2D eigenvalue weighted by molar-refractivity contribution is -0.130. The van der Waals surface area contributed by atoms with Crippen molar-refractivity contribution in [3.8, 4) is 5.75 Å². The smallest absolute Gasteiger partial charge is 0.233 e. The number of aryl methyl sites for hydroxylation is 1. The second kappa shape index (κ2) is 9.56. The minimum Gasteiger partial charge on any atom is -0.496 e. The summed E-state index contributed by atoms with van der Waals surface area (Å²) in [5.74, 6) is -2.54. The van der Waals surface area contributed by atoms with E-state index in [0.29, 0.717) is 17.2 Å². The number of ketones is 3. The van der Waals surface area contributed by atoms with Gasteiger partial charge in [-0.15, -0.1) is 0 Å². The molecule has 138 valence electrons. The van der Waals surface area contributed by atoms with Gasteiger partial charge in [0.2, 0.25) is 11.6 Å². The Morgan fingerprint density at radius 3 is 2.35 bits per heavy atom. The van der Waals surface area contributed by atoms with Crippen LogP contribution in [0.5, 0.6) is 5.75 Å². The molecular weight excluding hydrogens is 342 g/mol. The molecule has 26 heavy (non-hydrogen) atoms. The number of rotatable bonds is 9. The zero-order chi connectivity index (χ0) is 19.9. The molecule has 0 amide bonds. The lowest BCUT2D eigenvalue weighted by Gasteiger charge is -2.16. The molecular formula is C20H20F2O4. The summed E-state index contributed by atoms with van der Waals surface area (Å²) in [4.78, 5) is 36.0. The Labute approximate surface area is 150 Å². The van der Waals surface area contributed by atoms with E-state index in [1.807, 2.05) is 0 Å². The standard InChI is InChI=1S/C20H20F2O4/c1-5-15(20(25)18(24)8-9-21)17-11-16(13(3)23)19(26-4)10-14(17)7-6-12(2)22/h5,8-11H,2,6-7H2,1,3-4H3/b9-8-,15-5+. The molecule has 0 spiro atoms. The highest BCUT2D eigenvalue weighted by molar-refractivity contribution is 6.56. The molecule has 1 aromatic carbocycles. The number of allylic oxidation sites excluding steroid dienone is 4. The van der Waals surface area contributed by atoms with Crippen LogP contribution in [0.4, 0.5) is 8.78 Å². The van der Waals surface area contributed by atoms with Crippen LogP contribution in [0.1, 0.15) is 41.8 Å². The van der Waals surface area contributed by atoms with Gasteiger partial charge in [0.15, 0.2) is 5.78 Å². The first-order chi connectivity index (χ1) is 12.3. The first kappa shape index (κ1) is 21.2. The Morgan fingerprint density at radius 1 is 1.23 bits per heavy atom. The molecule has 0 aliphatic heterocycles. The third kappa shape index (κ3) is 5.05. The van der Waals surface area contributed by atoms with E-state index < -0.39 is 17.4 Å². The molecule has 0 aliphatic rings. The molecule has 0 bridgehead atoms.